The number of aromatic nitrogens is 2. The van der Waals surface area contributed by atoms with E-state index < -0.39 is 359 Å². The Morgan fingerprint density at radius 3 is 1.47 bits per heavy atom. The highest BCUT2D eigenvalue weighted by atomic mass is 28.3. The minimum absolute atomic E-state index is 0.520. The van der Waals surface area contributed by atoms with Gasteiger partial charge in [0.05, 0.1) is 88.0 Å². The molecule has 64 heavy (non-hydrogen) atoms. The summed E-state index contributed by atoms with van der Waals surface area (Å²) in [6, 6.07) is -49.4. The third kappa shape index (κ3) is 5.33. The monoisotopic (exact) mass is 873 g/mol. The van der Waals surface area contributed by atoms with Crippen molar-refractivity contribution in [2.75, 3.05) is 0 Å². The molecule has 0 atom stereocenters. The second kappa shape index (κ2) is 14.5. The van der Waals surface area contributed by atoms with Crippen molar-refractivity contribution in [1.82, 2.24) is 9.13 Å². The predicted octanol–water partition coefficient (Wildman–Crippen LogP) is 12.8. The standard InChI is InChI=1S/C60H40N2OSi/c1-4-20-41(21-5-1)42-22-18-28-46(38-42)64(44-24-6-2-7-25-44,45-26-8-3-9-27-45)47-29-19-23-43(39-47)61-53-34-14-12-32-50(53)52-40-56(60-58(59(52)61)51-33-13-17-37-57(51)63-60)62-54-35-15-10-30-48(54)49-31-11-16-36-55(49)62/h1-40H/i1D,2D,3D,4D,5D,6D,7D,8D,9D,10D,11D,12D,13D,14D,15D,16D,17D,18D,19D,20D,21D,22D,23D,24D,25D,26D,27D,28D,29D,30D,31D,32D,33D,34D,35D,36D,37D,38D,39D,40D. The van der Waals surface area contributed by atoms with Gasteiger partial charge in [0.15, 0.2) is 13.7 Å². The highest BCUT2D eigenvalue weighted by Crippen LogP contribution is 2.45. The fraction of sp³-hybridized carbons (Fsp3) is 0. The highest BCUT2D eigenvalue weighted by molar-refractivity contribution is 7.20. The van der Waals surface area contributed by atoms with Gasteiger partial charge >= 0.3 is 0 Å². The van der Waals surface area contributed by atoms with Crippen LogP contribution in [-0.2, 0) is 0 Å². The quantitative estimate of drug-likeness (QED) is 0.116. The number of fused-ring (bicyclic) bond motifs is 10. The molecular weight excluding hydrogens is 793 g/mol. The lowest BCUT2D eigenvalue weighted by atomic mass is 10.1. The smallest absolute Gasteiger partial charge is 0.179 e. The number of para-hydroxylation sites is 4. The van der Waals surface area contributed by atoms with Crippen molar-refractivity contribution in [3.8, 4) is 22.5 Å². The van der Waals surface area contributed by atoms with Crippen molar-refractivity contribution < 1.29 is 59.2 Å². The maximum Gasteiger partial charge on any atom is 0.179 e. The first-order valence-electron chi connectivity index (χ1n) is 38.7. The molecule has 10 aromatic carbocycles. The lowest BCUT2D eigenvalue weighted by Crippen LogP contribution is -2.74. The van der Waals surface area contributed by atoms with Crippen molar-refractivity contribution in [3.05, 3.63) is 242 Å². The molecule has 0 aliphatic rings. The number of benzene rings is 10. The molecule has 4 heteroatoms. The maximum absolute atomic E-state index is 11.0. The molecule has 0 saturated carbocycles. The molecule has 0 aliphatic carbocycles. The Labute approximate surface area is 427 Å². The molecule has 0 unspecified atom stereocenters. The summed E-state index contributed by atoms with van der Waals surface area (Å²) in [5.41, 5.74) is -9.80. The topological polar surface area (TPSA) is 23.0 Å². The Bertz CT molecular complexity index is 6080. The summed E-state index contributed by atoms with van der Waals surface area (Å²) in [5.74, 6) is 0. The van der Waals surface area contributed by atoms with Gasteiger partial charge in [-0.2, -0.15) is 0 Å². The zero-order chi connectivity index (χ0) is 77.0. The van der Waals surface area contributed by atoms with E-state index in [-0.39, 0.29) is 0 Å². The minimum Gasteiger partial charge on any atom is -0.454 e. The molecule has 3 heterocycles. The van der Waals surface area contributed by atoms with Crippen LogP contribution in [0.5, 0.6) is 0 Å². The predicted molar refractivity (Wildman–Crippen MR) is 271 cm³/mol. The minimum atomic E-state index is -7.01. The van der Waals surface area contributed by atoms with E-state index in [1.165, 1.54) is 0 Å². The molecule has 300 valence electrons. The van der Waals surface area contributed by atoms with Gasteiger partial charge in [-0.05, 0) is 74.2 Å². The number of furan rings is 1. The van der Waals surface area contributed by atoms with E-state index in [1.54, 1.807) is 0 Å². The zero-order valence-electron chi connectivity index (χ0n) is 71.8. The van der Waals surface area contributed by atoms with Crippen molar-refractivity contribution in [1.29, 1.82) is 0 Å². The van der Waals surface area contributed by atoms with Crippen LogP contribution in [0, 0.1) is 0 Å². The Hall–Kier alpha value is -8.18. The van der Waals surface area contributed by atoms with Gasteiger partial charge in [-0.15, -0.1) is 0 Å². The van der Waals surface area contributed by atoms with Crippen LogP contribution in [0.3, 0.4) is 0 Å². The zero-order valence-corrected chi connectivity index (χ0v) is 32.8. The SMILES string of the molecule is [2H]c1c([2H])c([2H])c(-c2c([2H])c([2H])c([2H])c([Si](c3c([2H])c([2H])c([2H])c([2H])c3[2H])(c3c([2H])c([2H])c([2H])c([2H])c3[2H])c3c([2H])c([2H])c([2H])c(-n4c5c([2H])c([2H])c([2H])c([2H])c5c5c([2H])c(-n6c7c([2H])c([2H])c([2H])c([2H])c7c7c([2H])c([2H])c([2H])c([2H])c76)c6oc7c([2H])c([2H])c([2H])c([2H])c7c6c54)c3[2H])c2[2H])c([2H])c1[2H]. The van der Waals surface area contributed by atoms with Crippen molar-refractivity contribution >= 4 is 94.4 Å². The summed E-state index contributed by atoms with van der Waals surface area (Å²) in [6.45, 7) is 0. The molecule has 0 saturated heterocycles. The molecular formula is C60H40N2OSi. The van der Waals surface area contributed by atoms with Crippen molar-refractivity contribution in [2.24, 2.45) is 0 Å². The Morgan fingerprint density at radius 1 is 0.359 bits per heavy atom. The lowest BCUT2D eigenvalue weighted by molar-refractivity contribution is 0.666. The van der Waals surface area contributed by atoms with Crippen LogP contribution >= 0.6 is 0 Å². The number of rotatable bonds is 7. The second-order valence-electron chi connectivity index (χ2n) is 13.8. The van der Waals surface area contributed by atoms with Crippen molar-refractivity contribution in [3.63, 3.8) is 0 Å². The number of hydrogen-bond donors (Lipinski definition) is 0. The fourth-order valence-electron chi connectivity index (χ4n) is 8.06. The molecule has 0 aliphatic heterocycles. The molecule has 0 spiro atoms. The van der Waals surface area contributed by atoms with Crippen LogP contribution < -0.4 is 20.7 Å². The Kier molecular flexibility index (Phi) is 3.26. The van der Waals surface area contributed by atoms with E-state index in [4.69, 9.17) is 22.2 Å². The Balaban J connectivity index is 1.41. The summed E-state index contributed by atoms with van der Waals surface area (Å²) in [6.07, 6.45) is 0. The van der Waals surface area contributed by atoms with Gasteiger partial charge in [-0.3, -0.25) is 0 Å². The van der Waals surface area contributed by atoms with Gasteiger partial charge in [0.1, 0.15) is 5.58 Å². The van der Waals surface area contributed by atoms with Gasteiger partial charge in [-0.25, -0.2) is 0 Å². The third-order valence-electron chi connectivity index (χ3n) is 10.6. The first-order chi connectivity index (χ1) is 48.4. The van der Waals surface area contributed by atoms with E-state index in [9.17, 15) is 37.0 Å². The Morgan fingerprint density at radius 2 is 0.828 bits per heavy atom. The maximum atomic E-state index is 11.0. The molecule has 13 aromatic rings. The number of hydrogen-bond acceptors (Lipinski definition) is 1. The van der Waals surface area contributed by atoms with Gasteiger partial charge in [0.2, 0.25) is 0 Å². The molecule has 0 N–H and O–H groups in total. The largest absolute Gasteiger partial charge is 0.454 e. The molecule has 3 aromatic heterocycles. The molecule has 0 fully saturated rings. The molecule has 0 bridgehead atoms. The van der Waals surface area contributed by atoms with Crippen LogP contribution in [0.2, 0.25) is 0 Å². The van der Waals surface area contributed by atoms with Crippen LogP contribution in [0.4, 0.5) is 0 Å². The first-order valence-corrected chi connectivity index (χ1v) is 20.7. The van der Waals surface area contributed by atoms with Gasteiger partial charge in [0.25, 0.3) is 0 Å². The summed E-state index contributed by atoms with van der Waals surface area (Å²) < 4.78 is 385. The van der Waals surface area contributed by atoms with E-state index in [2.05, 4.69) is 0 Å². The van der Waals surface area contributed by atoms with E-state index >= 15 is 0 Å². The van der Waals surface area contributed by atoms with Gasteiger partial charge in [0, 0.05) is 32.6 Å². The first kappa shape index (κ1) is 14.4. The lowest BCUT2D eigenvalue weighted by Gasteiger charge is -2.35. The summed E-state index contributed by atoms with van der Waals surface area (Å²) in [5, 5.41) is -10.3. The normalized spacial score (nSPS) is 20.8. The van der Waals surface area contributed by atoms with Crippen LogP contribution in [-0.4, -0.2) is 17.2 Å². The van der Waals surface area contributed by atoms with E-state index in [0.717, 1.165) is 4.57 Å². The molecule has 13 rings (SSSR count). The molecule has 3 nitrogen and oxygen atoms in total. The third-order valence-corrected chi connectivity index (χ3v) is 14.6. The van der Waals surface area contributed by atoms with Crippen LogP contribution in [0.1, 0.15) is 54.8 Å². The van der Waals surface area contributed by atoms with Crippen LogP contribution in [0.15, 0.2) is 246 Å². The summed E-state index contributed by atoms with van der Waals surface area (Å²) >= 11 is 0. The van der Waals surface area contributed by atoms with Gasteiger partial charge in [-0.1, -0.05) is 199 Å². The summed E-state index contributed by atoms with van der Waals surface area (Å²) in [7, 11) is -7.01. The summed E-state index contributed by atoms with van der Waals surface area (Å²) in [4.78, 5) is 0. The van der Waals surface area contributed by atoms with Crippen molar-refractivity contribution in [2.45, 2.75) is 0 Å². The van der Waals surface area contributed by atoms with E-state index in [0.29, 0.717) is 4.57 Å². The molecule has 0 amide bonds. The second-order valence-corrected chi connectivity index (χ2v) is 17.3. The fourth-order valence-corrected chi connectivity index (χ4v) is 11.7. The average molecular weight is 873 g/mol. The highest BCUT2D eigenvalue weighted by Gasteiger charge is 2.42. The molecule has 0 radical (unpaired) electrons. The number of nitrogens with zero attached hydrogens (tertiary/aromatic N) is 2. The van der Waals surface area contributed by atoms with Gasteiger partial charge < -0.3 is 13.6 Å². The van der Waals surface area contributed by atoms with E-state index in [1.807, 2.05) is 0 Å². The average Bonchev–Trinajstić information content (AvgIpc) is 1.36. The van der Waals surface area contributed by atoms with Crippen LogP contribution in [0.25, 0.3) is 88.1 Å².